The van der Waals surface area contributed by atoms with Crippen LogP contribution in [0.5, 0.6) is 0 Å². The minimum absolute atomic E-state index is 0.111. The molecule has 71 valence electrons. The standard InChI is InChI=1S/C10H9N2O2/c13-10(14)5-6-12-7-11-8-3-1-2-4-9(8)12/h1,3-4,7H,5-6H2,(H,13,14). The van der Waals surface area contributed by atoms with Crippen molar-refractivity contribution in [2.24, 2.45) is 0 Å². The van der Waals surface area contributed by atoms with Crippen molar-refractivity contribution in [1.82, 2.24) is 9.55 Å². The maximum atomic E-state index is 10.4. The third kappa shape index (κ3) is 1.59. The number of hydrogen-bond acceptors (Lipinski definition) is 2. The van der Waals surface area contributed by atoms with Gasteiger partial charge in [-0.25, -0.2) is 4.98 Å². The molecule has 1 N–H and O–H groups in total. The predicted molar refractivity (Wildman–Crippen MR) is 50.8 cm³/mol. The molecule has 0 aliphatic heterocycles. The van der Waals surface area contributed by atoms with E-state index in [4.69, 9.17) is 5.11 Å². The third-order valence-corrected chi connectivity index (χ3v) is 2.03. The lowest BCUT2D eigenvalue weighted by molar-refractivity contribution is -0.137. The predicted octanol–water partition coefficient (Wildman–Crippen LogP) is 1.31. The number of rotatable bonds is 3. The maximum Gasteiger partial charge on any atom is 0.305 e. The highest BCUT2D eigenvalue weighted by molar-refractivity contribution is 5.75. The number of nitrogens with zero attached hydrogens (tertiary/aromatic N) is 2. The van der Waals surface area contributed by atoms with Crippen molar-refractivity contribution in [3.05, 3.63) is 30.6 Å². The minimum Gasteiger partial charge on any atom is -0.481 e. The van der Waals surface area contributed by atoms with E-state index < -0.39 is 5.97 Å². The van der Waals surface area contributed by atoms with Crippen LogP contribution in [0.4, 0.5) is 0 Å². The third-order valence-electron chi connectivity index (χ3n) is 2.03. The summed E-state index contributed by atoms with van der Waals surface area (Å²) in [6.07, 6.45) is 1.77. The van der Waals surface area contributed by atoms with Gasteiger partial charge in [-0.3, -0.25) is 4.79 Å². The molecule has 1 heterocycles. The second-order valence-electron chi connectivity index (χ2n) is 3.00. The van der Waals surface area contributed by atoms with Crippen LogP contribution in [0, 0.1) is 6.07 Å². The van der Waals surface area contributed by atoms with Gasteiger partial charge in [0, 0.05) is 6.54 Å². The van der Waals surface area contributed by atoms with Gasteiger partial charge in [-0.2, -0.15) is 0 Å². The van der Waals surface area contributed by atoms with Crippen molar-refractivity contribution in [2.75, 3.05) is 0 Å². The van der Waals surface area contributed by atoms with Gasteiger partial charge in [-0.1, -0.05) is 6.07 Å². The second kappa shape index (κ2) is 3.49. The molecule has 0 spiro atoms. The molecule has 4 heteroatoms. The first-order chi connectivity index (χ1) is 6.77. The van der Waals surface area contributed by atoms with Crippen LogP contribution >= 0.6 is 0 Å². The fourth-order valence-electron chi connectivity index (χ4n) is 1.34. The van der Waals surface area contributed by atoms with Crippen LogP contribution in [-0.2, 0) is 11.3 Å². The largest absolute Gasteiger partial charge is 0.481 e. The molecule has 4 nitrogen and oxygen atoms in total. The number of aromatic nitrogens is 2. The number of aryl methyl sites for hydroxylation is 1. The average molecular weight is 189 g/mol. The number of carbonyl (C=O) groups is 1. The van der Waals surface area contributed by atoms with Crippen molar-refractivity contribution < 1.29 is 9.90 Å². The van der Waals surface area contributed by atoms with Gasteiger partial charge in [0.1, 0.15) is 0 Å². The van der Waals surface area contributed by atoms with Gasteiger partial charge in [0.05, 0.1) is 23.8 Å². The Labute approximate surface area is 80.8 Å². The zero-order chi connectivity index (χ0) is 9.97. The van der Waals surface area contributed by atoms with E-state index in [0.29, 0.717) is 6.54 Å². The Balaban J connectivity index is 2.29. The summed E-state index contributed by atoms with van der Waals surface area (Å²) in [4.78, 5) is 14.5. The quantitative estimate of drug-likeness (QED) is 0.792. The van der Waals surface area contributed by atoms with E-state index >= 15 is 0 Å². The topological polar surface area (TPSA) is 55.1 Å². The summed E-state index contributed by atoms with van der Waals surface area (Å²) >= 11 is 0. The smallest absolute Gasteiger partial charge is 0.305 e. The first-order valence-corrected chi connectivity index (χ1v) is 4.30. The van der Waals surface area contributed by atoms with Crippen molar-refractivity contribution in [2.45, 2.75) is 13.0 Å². The Kier molecular flexibility index (Phi) is 2.18. The summed E-state index contributed by atoms with van der Waals surface area (Å²) in [5, 5.41) is 8.54. The number of imidazole rings is 1. The average Bonchev–Trinajstić information content (AvgIpc) is 2.58. The highest BCUT2D eigenvalue weighted by Crippen LogP contribution is 2.11. The molecule has 2 aromatic rings. The SMILES string of the molecule is O=C(O)CCn1cnc2cc[c]cc21. The Bertz CT molecular complexity index is 462. The highest BCUT2D eigenvalue weighted by Gasteiger charge is 2.02. The van der Waals surface area contributed by atoms with Crippen molar-refractivity contribution in [3.63, 3.8) is 0 Å². The fraction of sp³-hybridized carbons (Fsp3) is 0.200. The summed E-state index contributed by atoms with van der Waals surface area (Å²) in [5.74, 6) is -0.799. The monoisotopic (exact) mass is 189 g/mol. The molecule has 0 aliphatic carbocycles. The van der Waals surface area contributed by atoms with Gasteiger partial charge in [-0.05, 0) is 18.2 Å². The van der Waals surface area contributed by atoms with Crippen molar-refractivity contribution in [1.29, 1.82) is 0 Å². The fourth-order valence-corrected chi connectivity index (χ4v) is 1.34. The number of benzene rings is 1. The maximum absolute atomic E-state index is 10.4. The summed E-state index contributed by atoms with van der Waals surface area (Å²) < 4.78 is 1.82. The van der Waals surface area contributed by atoms with Crippen molar-refractivity contribution in [3.8, 4) is 0 Å². The van der Waals surface area contributed by atoms with E-state index in [2.05, 4.69) is 11.1 Å². The molecule has 1 radical (unpaired) electrons. The van der Waals surface area contributed by atoms with E-state index in [9.17, 15) is 4.79 Å². The highest BCUT2D eigenvalue weighted by atomic mass is 16.4. The second-order valence-corrected chi connectivity index (χ2v) is 3.00. The van der Waals surface area contributed by atoms with Crippen LogP contribution < -0.4 is 0 Å². The van der Waals surface area contributed by atoms with E-state index in [1.807, 2.05) is 16.7 Å². The van der Waals surface area contributed by atoms with Gasteiger partial charge >= 0.3 is 5.97 Å². The van der Waals surface area contributed by atoms with Crippen LogP contribution in [-0.4, -0.2) is 20.6 Å². The Morgan fingerprint density at radius 1 is 1.64 bits per heavy atom. The lowest BCUT2D eigenvalue weighted by atomic mass is 10.3. The Morgan fingerprint density at radius 2 is 2.50 bits per heavy atom. The van der Waals surface area contributed by atoms with Crippen molar-refractivity contribution >= 4 is 17.0 Å². The minimum atomic E-state index is -0.799. The van der Waals surface area contributed by atoms with Crippen LogP contribution in [0.2, 0.25) is 0 Å². The molecule has 0 atom stereocenters. The molecule has 1 aromatic carbocycles. The summed E-state index contributed by atoms with van der Waals surface area (Å²) in [5.41, 5.74) is 1.79. The summed E-state index contributed by atoms with van der Waals surface area (Å²) in [6, 6.07) is 8.39. The lowest BCUT2D eigenvalue weighted by Gasteiger charge is -2.00. The number of aliphatic carboxylic acids is 1. The summed E-state index contributed by atoms with van der Waals surface area (Å²) in [6.45, 7) is 0.448. The number of hydrogen-bond donors (Lipinski definition) is 1. The molecule has 0 saturated carbocycles. The number of carboxylic acids is 1. The number of carboxylic acid groups (broad SMARTS) is 1. The molecular formula is C10H9N2O2. The molecule has 0 aliphatic rings. The first kappa shape index (κ1) is 8.74. The molecule has 0 fully saturated rings. The van der Waals surface area contributed by atoms with E-state index in [1.165, 1.54) is 0 Å². The number of fused-ring (bicyclic) bond motifs is 1. The molecule has 0 bridgehead atoms. The van der Waals surface area contributed by atoms with Crippen LogP contribution in [0.3, 0.4) is 0 Å². The van der Waals surface area contributed by atoms with Crippen LogP contribution in [0.1, 0.15) is 6.42 Å². The zero-order valence-corrected chi connectivity index (χ0v) is 7.47. The van der Waals surface area contributed by atoms with Gasteiger partial charge in [-0.15, -0.1) is 0 Å². The van der Waals surface area contributed by atoms with Gasteiger partial charge in [0.2, 0.25) is 0 Å². The molecule has 14 heavy (non-hydrogen) atoms. The molecule has 1 aromatic heterocycles. The van der Waals surface area contributed by atoms with Crippen LogP contribution in [0.25, 0.3) is 11.0 Å². The van der Waals surface area contributed by atoms with Crippen LogP contribution in [0.15, 0.2) is 24.5 Å². The van der Waals surface area contributed by atoms with Gasteiger partial charge in [0.25, 0.3) is 0 Å². The molecule has 2 rings (SSSR count). The molecule has 0 amide bonds. The van der Waals surface area contributed by atoms with E-state index in [1.54, 1.807) is 12.4 Å². The van der Waals surface area contributed by atoms with E-state index in [-0.39, 0.29) is 6.42 Å². The summed E-state index contributed by atoms with van der Waals surface area (Å²) in [7, 11) is 0. The Morgan fingerprint density at radius 3 is 3.29 bits per heavy atom. The Hall–Kier alpha value is -1.84. The normalized spacial score (nSPS) is 10.6. The first-order valence-electron chi connectivity index (χ1n) is 4.30. The molecular weight excluding hydrogens is 180 g/mol. The zero-order valence-electron chi connectivity index (χ0n) is 7.47. The van der Waals surface area contributed by atoms with Gasteiger partial charge < -0.3 is 9.67 Å². The van der Waals surface area contributed by atoms with Gasteiger partial charge in [0.15, 0.2) is 0 Å². The van der Waals surface area contributed by atoms with E-state index in [0.717, 1.165) is 11.0 Å². The molecule has 0 unspecified atom stereocenters. The lowest BCUT2D eigenvalue weighted by Crippen LogP contribution is -2.03. The molecule has 0 saturated heterocycles.